The number of pyridine rings is 1. The fourth-order valence-electron chi connectivity index (χ4n) is 5.88. The second-order valence-electron chi connectivity index (χ2n) is 11.6. The Balaban J connectivity index is 1.13. The van der Waals surface area contributed by atoms with E-state index in [-0.39, 0.29) is 18.3 Å². The first kappa shape index (κ1) is 30.1. The maximum Gasteiger partial charge on any atom is 0.335 e. The molecule has 1 atom stereocenters. The molecule has 2 aliphatic rings. The van der Waals surface area contributed by atoms with Crippen LogP contribution in [-0.2, 0) is 24.4 Å². The van der Waals surface area contributed by atoms with Gasteiger partial charge in [0.2, 0.25) is 5.88 Å². The van der Waals surface area contributed by atoms with Crippen LogP contribution in [0.25, 0.3) is 27.7 Å². The largest absolute Gasteiger partial charge is 0.478 e. The number of aromatic carboxylic acids is 1. The van der Waals surface area contributed by atoms with Gasteiger partial charge in [0, 0.05) is 36.3 Å². The third kappa shape index (κ3) is 6.53. The van der Waals surface area contributed by atoms with Gasteiger partial charge < -0.3 is 19.1 Å². The molecular weight excluding hydrogens is 607 g/mol. The zero-order valence-corrected chi connectivity index (χ0v) is 25.8. The summed E-state index contributed by atoms with van der Waals surface area (Å²) in [5.74, 6) is -0.0700. The van der Waals surface area contributed by atoms with Gasteiger partial charge in [-0.3, -0.25) is 4.90 Å². The summed E-state index contributed by atoms with van der Waals surface area (Å²) in [6, 6.07) is 23.6. The molecule has 4 heterocycles. The topological polar surface area (TPSA) is 89.7 Å². The van der Waals surface area contributed by atoms with Gasteiger partial charge in [-0.05, 0) is 65.9 Å². The van der Waals surface area contributed by atoms with Crippen molar-refractivity contribution in [3.8, 4) is 17.0 Å². The van der Waals surface area contributed by atoms with Crippen molar-refractivity contribution in [2.45, 2.75) is 38.6 Å². The van der Waals surface area contributed by atoms with Crippen LogP contribution in [0.4, 0.5) is 4.39 Å². The lowest BCUT2D eigenvalue weighted by Crippen LogP contribution is -2.33. The smallest absolute Gasteiger partial charge is 0.335 e. The maximum atomic E-state index is 14.4. The molecular formula is C36H32ClFN4O4. The number of fused-ring (bicyclic) bond motifs is 1. The van der Waals surface area contributed by atoms with E-state index in [1.807, 2.05) is 36.4 Å². The van der Waals surface area contributed by atoms with Crippen LogP contribution in [0.5, 0.6) is 5.88 Å². The molecule has 10 heteroatoms. The van der Waals surface area contributed by atoms with Crippen molar-refractivity contribution < 1.29 is 23.8 Å². The molecule has 3 aromatic carbocycles. The average Bonchev–Trinajstić information content (AvgIpc) is 3.38. The van der Waals surface area contributed by atoms with E-state index in [1.165, 1.54) is 6.07 Å². The van der Waals surface area contributed by atoms with Gasteiger partial charge in [0.25, 0.3) is 0 Å². The summed E-state index contributed by atoms with van der Waals surface area (Å²) in [5, 5.41) is 9.90. The van der Waals surface area contributed by atoms with Crippen LogP contribution in [0.2, 0.25) is 5.02 Å². The summed E-state index contributed by atoms with van der Waals surface area (Å²) in [6.45, 7) is 3.52. The van der Waals surface area contributed by atoms with E-state index < -0.39 is 11.8 Å². The minimum Gasteiger partial charge on any atom is -0.478 e. The molecule has 2 aromatic heterocycles. The molecule has 1 fully saturated rings. The monoisotopic (exact) mass is 638 g/mol. The van der Waals surface area contributed by atoms with Gasteiger partial charge in [0.1, 0.15) is 18.2 Å². The predicted octanol–water partition coefficient (Wildman–Crippen LogP) is 7.25. The molecule has 1 saturated heterocycles. The third-order valence-electron chi connectivity index (χ3n) is 8.54. The number of hydrogen-bond acceptors (Lipinski definition) is 6. The number of imidazole rings is 1. The molecule has 0 radical (unpaired) electrons. The molecule has 0 amide bonds. The van der Waals surface area contributed by atoms with Crippen LogP contribution >= 0.6 is 11.6 Å². The van der Waals surface area contributed by atoms with Crippen LogP contribution in [0, 0.1) is 5.82 Å². The van der Waals surface area contributed by atoms with Gasteiger partial charge in [0.15, 0.2) is 0 Å². The van der Waals surface area contributed by atoms with E-state index in [1.54, 1.807) is 30.3 Å². The van der Waals surface area contributed by atoms with Crippen LogP contribution in [0.3, 0.4) is 0 Å². The Hall–Kier alpha value is -4.57. The summed E-state index contributed by atoms with van der Waals surface area (Å²) in [6.07, 6.45) is 4.04. The number of rotatable bonds is 10. The van der Waals surface area contributed by atoms with Crippen molar-refractivity contribution in [1.29, 1.82) is 0 Å². The predicted molar refractivity (Wildman–Crippen MR) is 174 cm³/mol. The van der Waals surface area contributed by atoms with Gasteiger partial charge in [-0.25, -0.2) is 19.2 Å². The van der Waals surface area contributed by atoms with Gasteiger partial charge >= 0.3 is 5.97 Å². The number of hydrogen-bond donors (Lipinski definition) is 1. The Kier molecular flexibility index (Phi) is 8.53. The number of carbonyl (C=O) groups is 1. The second kappa shape index (κ2) is 13.0. The van der Waals surface area contributed by atoms with Crippen molar-refractivity contribution >= 4 is 34.2 Å². The number of ether oxygens (including phenoxy) is 2. The number of carboxylic acid groups (broad SMARTS) is 1. The summed E-state index contributed by atoms with van der Waals surface area (Å²) in [5.41, 5.74) is 6.17. The quantitative estimate of drug-likeness (QED) is 0.172. The first-order valence-corrected chi connectivity index (χ1v) is 15.7. The molecule has 0 aliphatic carbocycles. The SMILES string of the molecule is O=C(O)c1ccc2nc(CN3CC=C(c4cc(-c5ccccc5)cc(OCc5ccc(Cl)cc5F)n4)CC3)n(C[C@@H]3CCO3)c2c1. The minimum atomic E-state index is -0.958. The summed E-state index contributed by atoms with van der Waals surface area (Å²) in [4.78, 5) is 23.7. The lowest BCUT2D eigenvalue weighted by molar-refractivity contribution is -0.0591. The van der Waals surface area contributed by atoms with Crippen molar-refractivity contribution in [2.24, 2.45) is 0 Å². The highest BCUT2D eigenvalue weighted by atomic mass is 35.5. The zero-order chi connectivity index (χ0) is 31.6. The average molecular weight is 639 g/mol. The summed E-state index contributed by atoms with van der Waals surface area (Å²) < 4.78 is 28.3. The van der Waals surface area contributed by atoms with Crippen molar-refractivity contribution in [1.82, 2.24) is 19.4 Å². The van der Waals surface area contributed by atoms with E-state index in [0.29, 0.717) is 36.1 Å². The minimum absolute atomic E-state index is 0.0291. The van der Waals surface area contributed by atoms with Crippen LogP contribution < -0.4 is 4.74 Å². The van der Waals surface area contributed by atoms with Crippen molar-refractivity contribution in [3.63, 3.8) is 0 Å². The highest BCUT2D eigenvalue weighted by molar-refractivity contribution is 6.30. The Morgan fingerprint density at radius 1 is 1.04 bits per heavy atom. The lowest BCUT2D eigenvalue weighted by Gasteiger charge is -2.29. The zero-order valence-electron chi connectivity index (χ0n) is 25.0. The number of carboxylic acids is 1. The highest BCUT2D eigenvalue weighted by Gasteiger charge is 2.24. The molecule has 1 N–H and O–H groups in total. The van der Waals surface area contributed by atoms with E-state index in [4.69, 9.17) is 31.0 Å². The molecule has 234 valence electrons. The Morgan fingerprint density at radius 3 is 2.61 bits per heavy atom. The van der Waals surface area contributed by atoms with Gasteiger partial charge in [-0.2, -0.15) is 0 Å². The van der Waals surface area contributed by atoms with Crippen molar-refractivity contribution in [2.75, 3.05) is 19.7 Å². The molecule has 2 aliphatic heterocycles. The normalized spacial score (nSPS) is 16.7. The molecule has 0 saturated carbocycles. The molecule has 0 spiro atoms. The van der Waals surface area contributed by atoms with Crippen LogP contribution in [0.15, 0.2) is 84.9 Å². The first-order valence-electron chi connectivity index (χ1n) is 15.3. The van der Waals surface area contributed by atoms with E-state index in [2.05, 4.69) is 21.6 Å². The first-order chi connectivity index (χ1) is 22.4. The molecule has 46 heavy (non-hydrogen) atoms. The molecule has 0 bridgehead atoms. The van der Waals surface area contributed by atoms with E-state index in [0.717, 1.165) is 65.2 Å². The second-order valence-corrected chi connectivity index (χ2v) is 12.0. The fourth-order valence-corrected chi connectivity index (χ4v) is 6.04. The molecule has 0 unspecified atom stereocenters. The summed E-state index contributed by atoms with van der Waals surface area (Å²) in [7, 11) is 0. The number of aromatic nitrogens is 3. The van der Waals surface area contributed by atoms with Crippen molar-refractivity contribution in [3.05, 3.63) is 118 Å². The molecule has 7 rings (SSSR count). The van der Waals surface area contributed by atoms with Gasteiger partial charge in [-0.1, -0.05) is 54.1 Å². The summed E-state index contributed by atoms with van der Waals surface area (Å²) >= 11 is 5.92. The molecule has 8 nitrogen and oxygen atoms in total. The Bertz CT molecular complexity index is 1940. The third-order valence-corrected chi connectivity index (χ3v) is 8.78. The lowest BCUT2D eigenvalue weighted by atomic mass is 10.00. The van der Waals surface area contributed by atoms with Gasteiger partial charge in [-0.15, -0.1) is 0 Å². The van der Waals surface area contributed by atoms with Gasteiger partial charge in [0.05, 0.1) is 41.5 Å². The number of nitrogens with zero attached hydrogens (tertiary/aromatic N) is 4. The highest BCUT2D eigenvalue weighted by Crippen LogP contribution is 2.31. The number of benzene rings is 3. The van der Waals surface area contributed by atoms with E-state index >= 15 is 0 Å². The number of halogens is 2. The fraction of sp³-hybridized carbons (Fsp3) is 0.250. The molecule has 5 aromatic rings. The van der Waals surface area contributed by atoms with Crippen LogP contribution in [-0.4, -0.2) is 56.3 Å². The van der Waals surface area contributed by atoms with Crippen LogP contribution in [0.1, 0.15) is 40.3 Å². The standard InChI is InChI=1S/C36H32ClFN4O4/c37-28-8-6-26(30(38)19-28)22-46-35-18-27(23-4-2-1-3-5-23)16-32(40-35)24-10-13-41(14-11-24)21-34-39-31-9-7-25(36(43)44)17-33(31)42(34)20-29-12-15-45-29/h1-10,16-19,29H,11-15,20-22H2,(H,43,44)/t29-/m0/s1. The Labute approximate surface area is 270 Å². The maximum absolute atomic E-state index is 14.4. The Morgan fingerprint density at radius 2 is 1.89 bits per heavy atom. The van der Waals surface area contributed by atoms with E-state index in [9.17, 15) is 14.3 Å².